The van der Waals surface area contributed by atoms with Gasteiger partial charge in [-0.15, -0.1) is 0 Å². The molecule has 0 aliphatic rings. The highest BCUT2D eigenvalue weighted by Crippen LogP contribution is 2.15. The molecule has 0 aliphatic carbocycles. The SMILES string of the molecule is CCNCc1ccoc1CN(CC)C(C)CN(C)C. The van der Waals surface area contributed by atoms with Crippen molar-refractivity contribution in [1.82, 2.24) is 15.1 Å². The first-order chi connectivity index (χ1) is 9.08. The number of nitrogens with one attached hydrogen (secondary N) is 1. The van der Waals surface area contributed by atoms with Crippen LogP contribution in [-0.2, 0) is 13.1 Å². The van der Waals surface area contributed by atoms with Gasteiger partial charge in [0.25, 0.3) is 0 Å². The van der Waals surface area contributed by atoms with Crippen LogP contribution in [0.1, 0.15) is 32.1 Å². The Labute approximate surface area is 117 Å². The lowest BCUT2D eigenvalue weighted by atomic mass is 10.2. The molecule has 1 atom stereocenters. The van der Waals surface area contributed by atoms with Crippen molar-refractivity contribution in [2.45, 2.75) is 39.9 Å². The average molecular weight is 267 g/mol. The minimum Gasteiger partial charge on any atom is -0.468 e. The fourth-order valence-electron chi connectivity index (χ4n) is 2.33. The van der Waals surface area contributed by atoms with Crippen molar-refractivity contribution < 1.29 is 4.42 Å². The largest absolute Gasteiger partial charge is 0.468 e. The van der Waals surface area contributed by atoms with Gasteiger partial charge in [0.05, 0.1) is 12.8 Å². The van der Waals surface area contributed by atoms with Crippen molar-refractivity contribution >= 4 is 0 Å². The highest BCUT2D eigenvalue weighted by molar-refractivity contribution is 5.16. The first-order valence-electron chi connectivity index (χ1n) is 7.23. The van der Waals surface area contributed by atoms with Gasteiger partial charge in [0.1, 0.15) is 5.76 Å². The number of nitrogens with zero attached hydrogens (tertiary/aromatic N) is 2. The van der Waals surface area contributed by atoms with E-state index >= 15 is 0 Å². The van der Waals surface area contributed by atoms with Gasteiger partial charge in [0, 0.05) is 24.7 Å². The van der Waals surface area contributed by atoms with Gasteiger partial charge in [-0.1, -0.05) is 13.8 Å². The summed E-state index contributed by atoms with van der Waals surface area (Å²) in [6.07, 6.45) is 1.80. The molecule has 1 aromatic rings. The van der Waals surface area contributed by atoms with E-state index in [4.69, 9.17) is 4.42 Å². The molecule has 19 heavy (non-hydrogen) atoms. The monoisotopic (exact) mass is 267 g/mol. The Morgan fingerprint density at radius 1 is 1.32 bits per heavy atom. The first kappa shape index (κ1) is 16.2. The van der Waals surface area contributed by atoms with Gasteiger partial charge < -0.3 is 14.6 Å². The molecule has 1 N–H and O–H groups in total. The third kappa shape index (κ3) is 5.35. The Hall–Kier alpha value is -0.840. The van der Waals surface area contributed by atoms with Crippen LogP contribution in [0.2, 0.25) is 0 Å². The van der Waals surface area contributed by atoms with Crippen molar-refractivity contribution in [2.75, 3.05) is 33.7 Å². The molecule has 0 aromatic carbocycles. The van der Waals surface area contributed by atoms with Crippen LogP contribution in [-0.4, -0.2) is 49.6 Å². The summed E-state index contributed by atoms with van der Waals surface area (Å²) in [5.41, 5.74) is 1.28. The normalized spacial score (nSPS) is 13.4. The second-order valence-electron chi connectivity index (χ2n) is 5.32. The zero-order valence-electron chi connectivity index (χ0n) is 13.1. The quantitative estimate of drug-likeness (QED) is 0.743. The van der Waals surface area contributed by atoms with E-state index in [2.05, 4.69) is 56.0 Å². The van der Waals surface area contributed by atoms with Crippen LogP contribution in [0.3, 0.4) is 0 Å². The van der Waals surface area contributed by atoms with E-state index in [0.29, 0.717) is 6.04 Å². The summed E-state index contributed by atoms with van der Waals surface area (Å²) in [6.45, 7) is 11.5. The molecule has 0 fully saturated rings. The Morgan fingerprint density at radius 2 is 2.05 bits per heavy atom. The predicted octanol–water partition coefficient (Wildman–Crippen LogP) is 2.16. The Balaban J connectivity index is 2.62. The number of likely N-dealkylation sites (N-methyl/N-ethyl adjacent to an activating group) is 2. The second-order valence-corrected chi connectivity index (χ2v) is 5.32. The molecule has 110 valence electrons. The molecule has 1 aromatic heterocycles. The summed E-state index contributed by atoms with van der Waals surface area (Å²) >= 11 is 0. The Morgan fingerprint density at radius 3 is 2.63 bits per heavy atom. The van der Waals surface area contributed by atoms with Crippen molar-refractivity contribution in [1.29, 1.82) is 0 Å². The van der Waals surface area contributed by atoms with Gasteiger partial charge in [0.2, 0.25) is 0 Å². The molecule has 0 radical (unpaired) electrons. The minimum absolute atomic E-state index is 0.525. The zero-order chi connectivity index (χ0) is 14.3. The standard InChI is InChI=1S/C15H29N3O/c1-6-16-10-14-8-9-19-15(14)12-18(7-2)13(3)11-17(4)5/h8-9,13,16H,6-7,10-12H2,1-5H3. The van der Waals surface area contributed by atoms with Gasteiger partial charge in [-0.25, -0.2) is 0 Å². The van der Waals surface area contributed by atoms with E-state index < -0.39 is 0 Å². The maximum absolute atomic E-state index is 5.65. The van der Waals surface area contributed by atoms with Crippen molar-refractivity contribution in [3.63, 3.8) is 0 Å². The van der Waals surface area contributed by atoms with Gasteiger partial charge >= 0.3 is 0 Å². The molecular weight excluding hydrogens is 238 g/mol. The number of rotatable bonds is 9. The molecule has 1 heterocycles. The van der Waals surface area contributed by atoms with Crippen molar-refractivity contribution in [2.24, 2.45) is 0 Å². The molecule has 1 rings (SSSR count). The molecule has 0 aliphatic heterocycles. The molecule has 0 bridgehead atoms. The molecule has 1 unspecified atom stereocenters. The number of hydrogen-bond acceptors (Lipinski definition) is 4. The summed E-state index contributed by atoms with van der Waals surface area (Å²) in [5, 5.41) is 3.36. The van der Waals surface area contributed by atoms with E-state index in [1.807, 2.05) is 0 Å². The van der Waals surface area contributed by atoms with Gasteiger partial charge in [-0.05, 0) is 40.2 Å². The molecule has 0 saturated carbocycles. The van der Waals surface area contributed by atoms with Crippen molar-refractivity contribution in [3.05, 3.63) is 23.7 Å². The first-order valence-corrected chi connectivity index (χ1v) is 7.23. The Kier molecular flexibility index (Phi) is 7.13. The van der Waals surface area contributed by atoms with E-state index in [1.54, 1.807) is 6.26 Å². The van der Waals surface area contributed by atoms with Crippen LogP contribution in [0.4, 0.5) is 0 Å². The maximum atomic E-state index is 5.65. The average Bonchev–Trinajstić information content (AvgIpc) is 2.79. The third-order valence-electron chi connectivity index (χ3n) is 3.41. The zero-order valence-corrected chi connectivity index (χ0v) is 13.1. The summed E-state index contributed by atoms with van der Waals surface area (Å²) in [4.78, 5) is 4.68. The van der Waals surface area contributed by atoms with E-state index in [0.717, 1.165) is 38.5 Å². The topological polar surface area (TPSA) is 31.7 Å². The highest BCUT2D eigenvalue weighted by Gasteiger charge is 2.16. The number of furan rings is 1. The van der Waals surface area contributed by atoms with Gasteiger partial charge in [-0.3, -0.25) is 4.90 Å². The van der Waals surface area contributed by atoms with Crippen LogP contribution in [0.15, 0.2) is 16.7 Å². The summed E-state index contributed by atoms with van der Waals surface area (Å²) in [6, 6.07) is 2.60. The van der Waals surface area contributed by atoms with E-state index in [-0.39, 0.29) is 0 Å². The highest BCUT2D eigenvalue weighted by atomic mass is 16.3. The van der Waals surface area contributed by atoms with Crippen LogP contribution in [0.25, 0.3) is 0 Å². The van der Waals surface area contributed by atoms with Gasteiger partial charge in [0.15, 0.2) is 0 Å². The van der Waals surface area contributed by atoms with E-state index in [9.17, 15) is 0 Å². The second kappa shape index (κ2) is 8.35. The summed E-state index contributed by atoms with van der Waals surface area (Å²) < 4.78 is 5.65. The number of hydrogen-bond donors (Lipinski definition) is 1. The van der Waals surface area contributed by atoms with Crippen LogP contribution >= 0.6 is 0 Å². The predicted molar refractivity (Wildman–Crippen MR) is 80.2 cm³/mol. The lowest BCUT2D eigenvalue weighted by Gasteiger charge is -2.29. The lowest BCUT2D eigenvalue weighted by molar-refractivity contribution is 0.162. The van der Waals surface area contributed by atoms with Gasteiger partial charge in [-0.2, -0.15) is 0 Å². The van der Waals surface area contributed by atoms with Crippen LogP contribution in [0, 0.1) is 0 Å². The summed E-state index contributed by atoms with van der Waals surface area (Å²) in [5.74, 6) is 1.09. The molecule has 4 heteroatoms. The fourth-order valence-corrected chi connectivity index (χ4v) is 2.33. The fraction of sp³-hybridized carbons (Fsp3) is 0.733. The lowest BCUT2D eigenvalue weighted by Crippen LogP contribution is -2.39. The van der Waals surface area contributed by atoms with Crippen molar-refractivity contribution in [3.8, 4) is 0 Å². The van der Waals surface area contributed by atoms with E-state index in [1.165, 1.54) is 5.56 Å². The molecule has 0 amide bonds. The minimum atomic E-state index is 0.525. The van der Waals surface area contributed by atoms with Crippen LogP contribution < -0.4 is 5.32 Å². The molecular formula is C15H29N3O. The smallest absolute Gasteiger partial charge is 0.122 e. The molecule has 0 saturated heterocycles. The Bertz CT molecular complexity index is 349. The summed E-state index contributed by atoms with van der Waals surface area (Å²) in [7, 11) is 4.24. The van der Waals surface area contributed by atoms with Crippen LogP contribution in [0.5, 0.6) is 0 Å². The third-order valence-corrected chi connectivity index (χ3v) is 3.41. The maximum Gasteiger partial charge on any atom is 0.122 e. The molecule has 0 spiro atoms. The molecule has 4 nitrogen and oxygen atoms in total.